The Morgan fingerprint density at radius 2 is 2.03 bits per heavy atom. The molecule has 0 saturated carbocycles. The van der Waals surface area contributed by atoms with E-state index in [1.54, 1.807) is 26.1 Å². The first-order valence-electron chi connectivity index (χ1n) is 9.44. The zero-order valence-electron chi connectivity index (χ0n) is 16.9. The minimum atomic E-state index is -1.02. The third-order valence-corrected chi connectivity index (χ3v) is 6.16. The van der Waals surface area contributed by atoms with Crippen molar-refractivity contribution in [2.75, 3.05) is 7.05 Å². The van der Waals surface area contributed by atoms with Gasteiger partial charge in [-0.3, -0.25) is 9.69 Å². The van der Waals surface area contributed by atoms with Crippen LogP contribution in [0, 0.1) is 18.3 Å². The number of amidine groups is 1. The van der Waals surface area contributed by atoms with Gasteiger partial charge in [0.1, 0.15) is 6.54 Å². The number of carboxylic acids is 1. The number of thioether (sulfide) groups is 1. The Morgan fingerprint density at radius 3 is 2.77 bits per heavy atom. The van der Waals surface area contributed by atoms with E-state index >= 15 is 0 Å². The highest BCUT2D eigenvalue weighted by atomic mass is 32.2. The molecule has 1 N–H and O–H groups in total. The van der Waals surface area contributed by atoms with Gasteiger partial charge in [0, 0.05) is 29.7 Å². The van der Waals surface area contributed by atoms with Crippen LogP contribution >= 0.6 is 11.8 Å². The monoisotopic (exact) mass is 430 g/mol. The fraction of sp³-hybridized carbons (Fsp3) is 0.130. The highest BCUT2D eigenvalue weighted by Gasteiger charge is 2.31. The van der Waals surface area contributed by atoms with Crippen molar-refractivity contribution >= 4 is 51.5 Å². The van der Waals surface area contributed by atoms with Crippen LogP contribution < -0.4 is 0 Å². The number of rotatable bonds is 4. The molecule has 1 amide bonds. The van der Waals surface area contributed by atoms with E-state index in [-0.39, 0.29) is 18.0 Å². The number of nitrogens with zero attached hydrogens (tertiary/aromatic N) is 4. The van der Waals surface area contributed by atoms with E-state index in [4.69, 9.17) is 5.26 Å². The third kappa shape index (κ3) is 3.71. The molecule has 1 fully saturated rings. The van der Waals surface area contributed by atoms with Crippen molar-refractivity contribution in [1.29, 1.82) is 5.26 Å². The number of carbonyl (C=O) groups excluding carboxylic acids is 1. The highest BCUT2D eigenvalue weighted by Crippen LogP contribution is 2.35. The lowest BCUT2D eigenvalue weighted by molar-refractivity contribution is -0.121. The van der Waals surface area contributed by atoms with Crippen LogP contribution in [0.15, 0.2) is 58.6 Å². The van der Waals surface area contributed by atoms with Gasteiger partial charge in [0.15, 0.2) is 5.17 Å². The number of hydrogen-bond donors (Lipinski definition) is 1. The first kappa shape index (κ1) is 20.4. The molecule has 7 nitrogen and oxygen atoms in total. The molecule has 0 radical (unpaired) electrons. The Bertz CT molecular complexity index is 1330. The van der Waals surface area contributed by atoms with Crippen LogP contribution in [0.5, 0.6) is 0 Å². The van der Waals surface area contributed by atoms with E-state index in [1.807, 2.05) is 41.1 Å². The Labute approximate surface area is 182 Å². The van der Waals surface area contributed by atoms with Crippen molar-refractivity contribution < 1.29 is 14.7 Å². The number of fused-ring (bicyclic) bond motifs is 1. The van der Waals surface area contributed by atoms with Crippen LogP contribution in [0.3, 0.4) is 0 Å². The summed E-state index contributed by atoms with van der Waals surface area (Å²) in [5, 5.41) is 19.9. The number of nitriles is 1. The van der Waals surface area contributed by atoms with Gasteiger partial charge in [-0.25, -0.2) is 9.79 Å². The third-order valence-electron chi connectivity index (χ3n) is 5.10. The van der Waals surface area contributed by atoms with Gasteiger partial charge in [0.05, 0.1) is 22.2 Å². The molecule has 1 aromatic heterocycles. The minimum Gasteiger partial charge on any atom is -0.478 e. The molecule has 3 aromatic rings. The normalized spacial score (nSPS) is 16.4. The lowest BCUT2D eigenvalue weighted by Crippen LogP contribution is -2.23. The first-order chi connectivity index (χ1) is 14.9. The fourth-order valence-corrected chi connectivity index (χ4v) is 4.44. The lowest BCUT2D eigenvalue weighted by atomic mass is 10.1. The van der Waals surface area contributed by atoms with Crippen LogP contribution in [0.1, 0.15) is 21.5 Å². The zero-order chi connectivity index (χ0) is 22.1. The molecular weight excluding hydrogens is 412 g/mol. The lowest BCUT2D eigenvalue weighted by Gasteiger charge is -2.09. The molecule has 0 atom stereocenters. The van der Waals surface area contributed by atoms with Gasteiger partial charge >= 0.3 is 5.97 Å². The summed E-state index contributed by atoms with van der Waals surface area (Å²) in [7, 11) is 1.64. The Hall–Kier alpha value is -3.83. The average molecular weight is 430 g/mol. The summed E-state index contributed by atoms with van der Waals surface area (Å²) in [6, 6.07) is 14.8. The molecule has 0 bridgehead atoms. The van der Waals surface area contributed by atoms with Crippen LogP contribution in [0.2, 0.25) is 0 Å². The Kier molecular flexibility index (Phi) is 5.36. The van der Waals surface area contributed by atoms with Crippen molar-refractivity contribution in [3.63, 3.8) is 0 Å². The molecule has 1 aliphatic heterocycles. The Morgan fingerprint density at radius 1 is 1.26 bits per heavy atom. The second-order valence-electron chi connectivity index (χ2n) is 7.01. The van der Waals surface area contributed by atoms with E-state index < -0.39 is 5.97 Å². The number of hydrogen-bond acceptors (Lipinski definition) is 5. The minimum absolute atomic E-state index is 0.180. The number of carboxylic acid groups (broad SMARTS) is 1. The standard InChI is InChI=1S/C23H18N4O3S/c1-14-16(22(29)30)7-5-8-18(14)25-23-26(2)21(28)20(31-23)12-15-13-27(11-10-24)19-9-4-3-6-17(15)19/h3-9,12-13H,11H2,1-2H3,(H,29,30)/b20-12-,25-23?. The number of aliphatic imine (C=N–C) groups is 1. The van der Waals surface area contributed by atoms with E-state index in [1.165, 1.54) is 22.7 Å². The van der Waals surface area contributed by atoms with Gasteiger partial charge in [0.25, 0.3) is 5.91 Å². The summed E-state index contributed by atoms with van der Waals surface area (Å²) in [5.41, 5.74) is 3.00. The Balaban J connectivity index is 1.73. The van der Waals surface area contributed by atoms with Crippen molar-refractivity contribution in [1.82, 2.24) is 9.47 Å². The molecular formula is C23H18N4O3S. The predicted octanol–water partition coefficient (Wildman–Crippen LogP) is 4.41. The van der Waals surface area contributed by atoms with Gasteiger partial charge in [-0.05, 0) is 48.5 Å². The van der Waals surface area contributed by atoms with Gasteiger partial charge in [-0.1, -0.05) is 24.3 Å². The molecule has 1 saturated heterocycles. The zero-order valence-corrected chi connectivity index (χ0v) is 17.7. The van der Waals surface area contributed by atoms with Gasteiger partial charge < -0.3 is 9.67 Å². The van der Waals surface area contributed by atoms with E-state index in [2.05, 4.69) is 11.1 Å². The summed E-state index contributed by atoms with van der Waals surface area (Å²) in [6.07, 6.45) is 3.67. The number of aromatic carboxylic acids is 1. The molecule has 8 heteroatoms. The molecule has 2 aromatic carbocycles. The van der Waals surface area contributed by atoms with E-state index in [0.29, 0.717) is 21.3 Å². The van der Waals surface area contributed by atoms with Gasteiger partial charge in [-0.2, -0.15) is 5.26 Å². The van der Waals surface area contributed by atoms with Crippen LogP contribution in [-0.4, -0.2) is 38.7 Å². The van der Waals surface area contributed by atoms with Crippen molar-refractivity contribution in [3.05, 3.63) is 70.3 Å². The first-order valence-corrected chi connectivity index (χ1v) is 10.3. The summed E-state index contributed by atoms with van der Waals surface area (Å²) in [5.74, 6) is -1.20. The number of benzene rings is 2. The highest BCUT2D eigenvalue weighted by molar-refractivity contribution is 8.18. The summed E-state index contributed by atoms with van der Waals surface area (Å²) in [6.45, 7) is 1.92. The summed E-state index contributed by atoms with van der Waals surface area (Å²) < 4.78 is 1.85. The molecule has 2 heterocycles. The average Bonchev–Trinajstić information content (AvgIpc) is 3.22. The van der Waals surface area contributed by atoms with Crippen LogP contribution in [0.25, 0.3) is 17.0 Å². The molecule has 0 unspecified atom stereocenters. The number of carbonyl (C=O) groups is 2. The number of likely N-dealkylation sites (N-methyl/N-ethyl adjacent to an activating group) is 1. The van der Waals surface area contributed by atoms with Crippen molar-refractivity contribution in [3.8, 4) is 6.07 Å². The molecule has 154 valence electrons. The smallest absolute Gasteiger partial charge is 0.336 e. The molecule has 0 aliphatic carbocycles. The molecule has 4 rings (SSSR count). The largest absolute Gasteiger partial charge is 0.478 e. The fourth-order valence-electron chi connectivity index (χ4n) is 3.47. The second kappa shape index (κ2) is 8.13. The predicted molar refractivity (Wildman–Crippen MR) is 121 cm³/mol. The quantitative estimate of drug-likeness (QED) is 0.619. The van der Waals surface area contributed by atoms with Crippen molar-refractivity contribution in [2.24, 2.45) is 4.99 Å². The second-order valence-corrected chi connectivity index (χ2v) is 8.02. The van der Waals surface area contributed by atoms with E-state index in [0.717, 1.165) is 16.5 Å². The molecule has 1 aliphatic rings. The molecule has 0 spiro atoms. The van der Waals surface area contributed by atoms with Gasteiger partial charge in [-0.15, -0.1) is 0 Å². The number of aromatic nitrogens is 1. The maximum atomic E-state index is 12.8. The summed E-state index contributed by atoms with van der Waals surface area (Å²) in [4.78, 5) is 30.7. The van der Waals surface area contributed by atoms with E-state index in [9.17, 15) is 14.7 Å². The number of para-hydroxylation sites is 1. The van der Waals surface area contributed by atoms with Crippen LogP contribution in [-0.2, 0) is 11.3 Å². The topological polar surface area (TPSA) is 98.7 Å². The molecule has 31 heavy (non-hydrogen) atoms. The maximum Gasteiger partial charge on any atom is 0.336 e. The van der Waals surface area contributed by atoms with Crippen LogP contribution in [0.4, 0.5) is 5.69 Å². The SMILES string of the molecule is Cc1c(N=C2S/C(=C\c3cn(CC#N)c4ccccc34)C(=O)N2C)cccc1C(=O)O. The number of amides is 1. The summed E-state index contributed by atoms with van der Waals surface area (Å²) >= 11 is 1.24. The van der Waals surface area contributed by atoms with Crippen molar-refractivity contribution in [2.45, 2.75) is 13.5 Å². The van der Waals surface area contributed by atoms with Gasteiger partial charge in [0.2, 0.25) is 0 Å². The maximum absolute atomic E-state index is 12.8.